The first-order valence-corrected chi connectivity index (χ1v) is 11.2. The highest BCUT2D eigenvalue weighted by molar-refractivity contribution is 5.85. The number of carbonyl (C=O) groups excluding carboxylic acids is 1. The average Bonchev–Trinajstić information content (AvgIpc) is 3.45. The molecule has 0 aliphatic carbocycles. The number of hydrogen-bond donors (Lipinski definition) is 4. The molecule has 4 aromatic rings. The second-order valence-corrected chi connectivity index (χ2v) is 8.45. The minimum atomic E-state index is -1.45. The second kappa shape index (κ2) is 9.57. The van der Waals surface area contributed by atoms with Crippen molar-refractivity contribution in [3.63, 3.8) is 0 Å². The summed E-state index contributed by atoms with van der Waals surface area (Å²) in [4.78, 5) is 29.8. The van der Waals surface area contributed by atoms with E-state index in [1.165, 1.54) is 24.0 Å². The molecule has 1 aliphatic rings. The first-order valence-electron chi connectivity index (χ1n) is 11.2. The molecule has 36 heavy (non-hydrogen) atoms. The summed E-state index contributed by atoms with van der Waals surface area (Å²) in [5.41, 5.74) is 2.61. The highest BCUT2D eigenvalue weighted by atomic mass is 19.1. The molecule has 4 N–H and O–H groups in total. The van der Waals surface area contributed by atoms with Gasteiger partial charge in [0.1, 0.15) is 18.0 Å². The number of anilines is 1. The molecule has 4 atom stereocenters. The zero-order valence-corrected chi connectivity index (χ0v) is 19.5. The maximum absolute atomic E-state index is 14.3. The number of fused-ring (bicyclic) bond motifs is 1. The number of rotatable bonds is 6. The topological polar surface area (TPSA) is 147 Å². The molecule has 1 saturated heterocycles. The van der Waals surface area contributed by atoms with Crippen LogP contribution in [0.15, 0.2) is 49.1 Å². The average molecular weight is 493 g/mol. The van der Waals surface area contributed by atoms with E-state index in [2.05, 4.69) is 30.6 Å². The van der Waals surface area contributed by atoms with Crippen molar-refractivity contribution >= 4 is 22.9 Å². The Balaban J connectivity index is 1.57. The Bertz CT molecular complexity index is 1410. The number of imidazole rings is 1. The monoisotopic (exact) mass is 493 g/mol. The summed E-state index contributed by atoms with van der Waals surface area (Å²) in [5.74, 6) is -0.287. The molecule has 11 nitrogen and oxygen atoms in total. The van der Waals surface area contributed by atoms with Gasteiger partial charge in [0.05, 0.1) is 6.33 Å². The van der Waals surface area contributed by atoms with Crippen LogP contribution in [0.25, 0.3) is 22.6 Å². The number of amides is 1. The minimum Gasteiger partial charge on any atom is -0.387 e. The number of aromatic nitrogens is 5. The number of aliphatic hydroxyl groups excluding tert-OH is 2. The predicted molar refractivity (Wildman–Crippen MR) is 127 cm³/mol. The first kappa shape index (κ1) is 23.7. The first-order chi connectivity index (χ1) is 17.4. The number of benzene rings is 1. The van der Waals surface area contributed by atoms with Gasteiger partial charge in [0.15, 0.2) is 35.1 Å². The Labute approximate surface area is 205 Å². The van der Waals surface area contributed by atoms with Gasteiger partial charge >= 0.3 is 0 Å². The summed E-state index contributed by atoms with van der Waals surface area (Å²) in [6.07, 6.45) is -0.668. The summed E-state index contributed by atoms with van der Waals surface area (Å²) in [5, 5.41) is 26.6. The van der Waals surface area contributed by atoms with Crippen molar-refractivity contribution < 1.29 is 24.1 Å². The van der Waals surface area contributed by atoms with Gasteiger partial charge in [-0.15, -0.1) is 0 Å². The number of aliphatic hydroxyl groups is 2. The van der Waals surface area contributed by atoms with Crippen LogP contribution in [0.2, 0.25) is 0 Å². The highest BCUT2D eigenvalue weighted by Crippen LogP contribution is 2.33. The third-order valence-electron chi connectivity index (χ3n) is 6.01. The van der Waals surface area contributed by atoms with Crippen LogP contribution in [0.3, 0.4) is 0 Å². The van der Waals surface area contributed by atoms with E-state index in [1.807, 2.05) is 6.92 Å². The minimum absolute atomic E-state index is 0.138. The zero-order valence-electron chi connectivity index (χ0n) is 19.5. The molecule has 4 heterocycles. The molecule has 0 saturated carbocycles. The molecule has 1 amide bonds. The van der Waals surface area contributed by atoms with Crippen LogP contribution in [-0.2, 0) is 16.1 Å². The van der Waals surface area contributed by atoms with E-state index < -0.39 is 30.4 Å². The molecule has 3 aromatic heterocycles. The Hall–Kier alpha value is -4.00. The van der Waals surface area contributed by atoms with Crippen molar-refractivity contribution in [3.05, 3.63) is 66.0 Å². The molecular weight excluding hydrogens is 469 g/mol. The summed E-state index contributed by atoms with van der Waals surface area (Å²) >= 11 is 0. The van der Waals surface area contributed by atoms with Crippen LogP contribution in [0.1, 0.15) is 17.4 Å². The van der Waals surface area contributed by atoms with E-state index >= 15 is 0 Å². The van der Waals surface area contributed by atoms with Gasteiger partial charge in [-0.1, -0.05) is 17.7 Å². The SMILES string of the molecule is CNC(=O)C1OC(n2cnc3c(NCc4cc(C)ccc4F)nc(-c4cccnc4)nc32)C(O)C1O. The van der Waals surface area contributed by atoms with Crippen LogP contribution in [-0.4, -0.2) is 66.0 Å². The van der Waals surface area contributed by atoms with Gasteiger partial charge in [-0.05, 0) is 25.1 Å². The van der Waals surface area contributed by atoms with Crippen molar-refractivity contribution in [1.29, 1.82) is 0 Å². The zero-order chi connectivity index (χ0) is 25.4. The van der Waals surface area contributed by atoms with E-state index in [0.717, 1.165) is 5.56 Å². The number of hydrogen-bond acceptors (Lipinski definition) is 9. The predicted octanol–water partition coefficient (Wildman–Crippen LogP) is 1.31. The van der Waals surface area contributed by atoms with Crippen LogP contribution in [0.4, 0.5) is 10.2 Å². The Morgan fingerprint density at radius 3 is 2.81 bits per heavy atom. The molecule has 0 spiro atoms. The van der Waals surface area contributed by atoms with Crippen LogP contribution in [0, 0.1) is 12.7 Å². The fourth-order valence-electron chi connectivity index (χ4n) is 4.12. The standard InChI is InChI=1S/C24H24FN7O4/c1-12-5-6-15(25)14(8-12)10-28-21-16-22(31-20(30-21)13-4-3-7-27-9-13)32(11-29-16)24-18(34)17(33)19(36-24)23(35)26-2/h3-9,11,17-19,24,33-34H,10H2,1-2H3,(H,26,35)(H,28,30,31). The molecule has 0 bridgehead atoms. The fourth-order valence-corrected chi connectivity index (χ4v) is 4.12. The molecule has 1 fully saturated rings. The quantitative estimate of drug-likeness (QED) is 0.312. The number of ether oxygens (including phenoxy) is 1. The number of likely N-dealkylation sites (N-methyl/N-ethyl adjacent to an activating group) is 1. The molecule has 186 valence electrons. The maximum Gasteiger partial charge on any atom is 0.251 e. The van der Waals surface area contributed by atoms with Crippen molar-refractivity contribution in [2.75, 3.05) is 12.4 Å². The maximum atomic E-state index is 14.3. The van der Waals surface area contributed by atoms with Crippen LogP contribution < -0.4 is 10.6 Å². The van der Waals surface area contributed by atoms with Gasteiger partial charge in [-0.3, -0.25) is 14.3 Å². The van der Waals surface area contributed by atoms with Crippen LogP contribution in [0.5, 0.6) is 0 Å². The number of nitrogens with zero attached hydrogens (tertiary/aromatic N) is 5. The summed E-state index contributed by atoms with van der Waals surface area (Å²) in [6.45, 7) is 2.01. The van der Waals surface area contributed by atoms with Crippen LogP contribution >= 0.6 is 0 Å². The molecule has 4 unspecified atom stereocenters. The lowest BCUT2D eigenvalue weighted by atomic mass is 10.1. The Morgan fingerprint density at radius 2 is 2.06 bits per heavy atom. The summed E-state index contributed by atoms with van der Waals surface area (Å²) in [7, 11) is 1.41. The molecule has 0 radical (unpaired) electrons. The van der Waals surface area contributed by atoms with Gasteiger partial charge in [0, 0.05) is 37.1 Å². The number of halogens is 1. The molecule has 1 aromatic carbocycles. The molecular formula is C24H24FN7O4. The number of carbonyl (C=O) groups is 1. The van der Waals surface area contributed by atoms with Crippen molar-refractivity contribution in [2.45, 2.75) is 38.0 Å². The van der Waals surface area contributed by atoms with Gasteiger partial charge in [-0.25, -0.2) is 19.3 Å². The summed E-state index contributed by atoms with van der Waals surface area (Å²) < 4.78 is 21.5. The van der Waals surface area contributed by atoms with Gasteiger partial charge in [0.25, 0.3) is 5.91 Å². The normalized spacial score (nSPS) is 21.6. The third kappa shape index (κ3) is 4.26. The highest BCUT2D eigenvalue weighted by Gasteiger charge is 2.47. The molecule has 5 rings (SSSR count). The van der Waals surface area contributed by atoms with E-state index in [4.69, 9.17) is 4.74 Å². The van der Waals surface area contributed by atoms with E-state index in [9.17, 15) is 19.4 Å². The van der Waals surface area contributed by atoms with Gasteiger partial charge in [-0.2, -0.15) is 0 Å². The van der Waals surface area contributed by atoms with Gasteiger partial charge < -0.3 is 25.6 Å². The van der Waals surface area contributed by atoms with E-state index in [-0.39, 0.29) is 18.0 Å². The lowest BCUT2D eigenvalue weighted by Crippen LogP contribution is -2.41. The largest absolute Gasteiger partial charge is 0.387 e. The smallest absolute Gasteiger partial charge is 0.251 e. The number of nitrogens with one attached hydrogen (secondary N) is 2. The van der Waals surface area contributed by atoms with Crippen molar-refractivity contribution in [2.24, 2.45) is 0 Å². The van der Waals surface area contributed by atoms with E-state index in [0.29, 0.717) is 28.3 Å². The van der Waals surface area contributed by atoms with Crippen molar-refractivity contribution in [1.82, 2.24) is 29.8 Å². The number of aryl methyl sites for hydroxylation is 1. The molecule has 1 aliphatic heterocycles. The van der Waals surface area contributed by atoms with Gasteiger partial charge in [0.2, 0.25) is 0 Å². The lowest BCUT2D eigenvalue weighted by molar-refractivity contribution is -0.137. The lowest BCUT2D eigenvalue weighted by Gasteiger charge is -2.17. The summed E-state index contributed by atoms with van der Waals surface area (Å²) in [6, 6.07) is 8.36. The molecule has 12 heteroatoms. The van der Waals surface area contributed by atoms with E-state index in [1.54, 1.807) is 36.7 Å². The van der Waals surface area contributed by atoms with Crippen molar-refractivity contribution in [3.8, 4) is 11.4 Å². The second-order valence-electron chi connectivity index (χ2n) is 8.45. The third-order valence-corrected chi connectivity index (χ3v) is 6.01. The number of pyridine rings is 1. The Kier molecular flexibility index (Phi) is 6.31. The Morgan fingerprint density at radius 1 is 1.22 bits per heavy atom. The fraction of sp³-hybridized carbons (Fsp3) is 0.292.